The Kier molecular flexibility index (Phi) is 4.25. The second-order valence-electron chi connectivity index (χ2n) is 4.07. The lowest BCUT2D eigenvalue weighted by Crippen LogP contribution is -2.12. The van der Waals surface area contributed by atoms with Crippen molar-refractivity contribution in [2.75, 3.05) is 13.4 Å². The molecule has 2 rings (SSSR count). The fourth-order valence-electron chi connectivity index (χ4n) is 2.02. The van der Waals surface area contributed by atoms with E-state index in [0.29, 0.717) is 5.17 Å². The summed E-state index contributed by atoms with van der Waals surface area (Å²) in [5.74, 6) is 0.891. The Morgan fingerprint density at radius 1 is 1.39 bits per heavy atom. The molecule has 1 aliphatic rings. The molecule has 1 aliphatic carbocycles. The number of nitrogens with zero attached hydrogens (tertiary/aromatic N) is 2. The highest BCUT2D eigenvalue weighted by molar-refractivity contribution is 8.13. The van der Waals surface area contributed by atoms with Gasteiger partial charge in [-0.2, -0.15) is 5.10 Å². The van der Waals surface area contributed by atoms with Crippen LogP contribution in [0, 0.1) is 0 Å². The first-order chi connectivity index (χ1) is 8.74. The molecule has 0 spiro atoms. The molecule has 2 N–H and O–H groups in total. The third kappa shape index (κ3) is 2.85. The molecule has 1 aromatic carbocycles. The number of nitrogens with two attached hydrogens (primary N) is 1. The highest BCUT2D eigenvalue weighted by Crippen LogP contribution is 2.26. The van der Waals surface area contributed by atoms with E-state index in [1.165, 1.54) is 22.9 Å². The molecule has 1 aromatic rings. The molecule has 0 fully saturated rings. The van der Waals surface area contributed by atoms with Gasteiger partial charge < -0.3 is 10.5 Å². The van der Waals surface area contributed by atoms with E-state index in [1.54, 1.807) is 7.11 Å². The molecule has 5 heteroatoms. The zero-order valence-electron chi connectivity index (χ0n) is 10.6. The van der Waals surface area contributed by atoms with Crippen LogP contribution in [0.15, 0.2) is 28.4 Å². The van der Waals surface area contributed by atoms with Crippen molar-refractivity contribution in [3.8, 4) is 5.75 Å². The Morgan fingerprint density at radius 2 is 2.22 bits per heavy atom. The van der Waals surface area contributed by atoms with E-state index < -0.39 is 0 Å². The molecular weight excluding hydrogens is 246 g/mol. The third-order valence-corrected chi connectivity index (χ3v) is 3.46. The van der Waals surface area contributed by atoms with Gasteiger partial charge in [0.1, 0.15) is 5.75 Å². The summed E-state index contributed by atoms with van der Waals surface area (Å²) in [4.78, 5) is 0. The Morgan fingerprint density at radius 3 is 2.94 bits per heavy atom. The summed E-state index contributed by atoms with van der Waals surface area (Å²) in [6, 6.07) is 6.09. The Bertz CT molecular complexity index is 497. The minimum Gasteiger partial charge on any atom is -0.497 e. The molecule has 4 nitrogen and oxygen atoms in total. The van der Waals surface area contributed by atoms with Crippen LogP contribution in [0.4, 0.5) is 0 Å². The fraction of sp³-hybridized carbons (Fsp3) is 0.385. The van der Waals surface area contributed by atoms with Crippen LogP contribution in [0.25, 0.3) is 0 Å². The largest absolute Gasteiger partial charge is 0.497 e. The monoisotopic (exact) mass is 263 g/mol. The number of methoxy groups -OCH3 is 1. The molecular formula is C13H17N3OS. The number of fused-ring (bicyclic) bond motifs is 1. The van der Waals surface area contributed by atoms with Crippen molar-refractivity contribution in [3.05, 3.63) is 29.3 Å². The average Bonchev–Trinajstić information content (AvgIpc) is 2.43. The standard InChI is InChI=1S/C13H17N3OS/c1-17-10-6-7-11-9(8-10)4-3-5-12(11)15-16-13(14)18-2/h6-8H,3-5H2,1-2H3,(H2,14,16). The van der Waals surface area contributed by atoms with E-state index in [1.807, 2.05) is 12.3 Å². The van der Waals surface area contributed by atoms with Crippen molar-refractivity contribution in [2.45, 2.75) is 19.3 Å². The average molecular weight is 263 g/mol. The number of hydrogen-bond donors (Lipinski definition) is 1. The number of benzene rings is 1. The van der Waals surface area contributed by atoms with Crippen molar-refractivity contribution < 1.29 is 4.74 Å². The minimum absolute atomic E-state index is 0.489. The maximum Gasteiger partial charge on any atom is 0.180 e. The van der Waals surface area contributed by atoms with Crippen LogP contribution < -0.4 is 10.5 Å². The topological polar surface area (TPSA) is 60.0 Å². The maximum atomic E-state index is 5.64. The van der Waals surface area contributed by atoms with Crippen LogP contribution >= 0.6 is 11.8 Å². The molecule has 0 aliphatic heterocycles. The predicted octanol–water partition coefficient (Wildman–Crippen LogP) is 2.41. The highest BCUT2D eigenvalue weighted by atomic mass is 32.2. The van der Waals surface area contributed by atoms with Gasteiger partial charge in [0.25, 0.3) is 0 Å². The van der Waals surface area contributed by atoms with E-state index >= 15 is 0 Å². The van der Waals surface area contributed by atoms with Gasteiger partial charge in [-0.05, 0) is 49.3 Å². The third-order valence-electron chi connectivity index (χ3n) is 2.96. The quantitative estimate of drug-likeness (QED) is 0.506. The summed E-state index contributed by atoms with van der Waals surface area (Å²) in [7, 11) is 1.68. The van der Waals surface area contributed by atoms with E-state index in [4.69, 9.17) is 10.5 Å². The van der Waals surface area contributed by atoms with E-state index in [-0.39, 0.29) is 0 Å². The lowest BCUT2D eigenvalue weighted by atomic mass is 9.90. The Labute approximate surface area is 111 Å². The first-order valence-corrected chi connectivity index (χ1v) is 7.08. The van der Waals surface area contributed by atoms with Crippen molar-refractivity contribution in [1.82, 2.24) is 0 Å². The molecule has 96 valence electrons. The first-order valence-electron chi connectivity index (χ1n) is 5.86. The SMILES string of the molecule is COc1ccc2c(c1)CCCC2=NN=C(N)SC. The first kappa shape index (κ1) is 13.0. The molecule has 0 amide bonds. The Hall–Kier alpha value is -1.49. The molecule has 0 aromatic heterocycles. The molecule has 0 atom stereocenters. The molecule has 0 unspecified atom stereocenters. The summed E-state index contributed by atoms with van der Waals surface area (Å²) in [5.41, 5.74) is 9.09. The van der Waals surface area contributed by atoms with Crippen molar-refractivity contribution >= 4 is 22.6 Å². The molecule has 0 heterocycles. The zero-order chi connectivity index (χ0) is 13.0. The van der Waals surface area contributed by atoms with Crippen LogP contribution in [0.5, 0.6) is 5.75 Å². The number of rotatable bonds is 2. The van der Waals surface area contributed by atoms with Crippen molar-refractivity contribution in [1.29, 1.82) is 0 Å². The van der Waals surface area contributed by atoms with Gasteiger partial charge >= 0.3 is 0 Å². The number of ether oxygens (including phenoxy) is 1. The highest BCUT2D eigenvalue weighted by Gasteiger charge is 2.16. The maximum absolute atomic E-state index is 5.64. The summed E-state index contributed by atoms with van der Waals surface area (Å²) in [6.07, 6.45) is 4.99. The van der Waals surface area contributed by atoms with Gasteiger partial charge in [0.05, 0.1) is 12.8 Å². The zero-order valence-corrected chi connectivity index (χ0v) is 11.5. The summed E-state index contributed by atoms with van der Waals surface area (Å²) in [6.45, 7) is 0. The second-order valence-corrected chi connectivity index (χ2v) is 4.89. The van der Waals surface area contributed by atoms with Crippen molar-refractivity contribution in [3.63, 3.8) is 0 Å². The number of aryl methyl sites for hydroxylation is 1. The predicted molar refractivity (Wildman–Crippen MR) is 77.6 cm³/mol. The number of amidine groups is 1. The van der Waals surface area contributed by atoms with Gasteiger partial charge in [-0.15, -0.1) is 5.10 Å². The second kappa shape index (κ2) is 5.91. The Balaban J connectivity index is 2.33. The van der Waals surface area contributed by atoms with Gasteiger partial charge in [-0.1, -0.05) is 11.8 Å². The van der Waals surface area contributed by atoms with Gasteiger partial charge in [0.15, 0.2) is 5.17 Å². The normalized spacial score (nSPS) is 17.7. The van der Waals surface area contributed by atoms with Gasteiger partial charge in [-0.25, -0.2) is 0 Å². The number of hydrogen-bond acceptors (Lipinski definition) is 4. The van der Waals surface area contributed by atoms with Crippen LogP contribution in [-0.2, 0) is 6.42 Å². The molecule has 0 radical (unpaired) electrons. The minimum atomic E-state index is 0.489. The van der Waals surface area contributed by atoms with Crippen LogP contribution in [-0.4, -0.2) is 24.2 Å². The molecule has 0 bridgehead atoms. The smallest absolute Gasteiger partial charge is 0.180 e. The lowest BCUT2D eigenvalue weighted by molar-refractivity contribution is 0.414. The van der Waals surface area contributed by atoms with E-state index in [9.17, 15) is 0 Å². The van der Waals surface area contributed by atoms with Gasteiger partial charge in [-0.3, -0.25) is 0 Å². The summed E-state index contributed by atoms with van der Waals surface area (Å²) in [5, 5.41) is 8.78. The van der Waals surface area contributed by atoms with Crippen molar-refractivity contribution in [2.24, 2.45) is 15.9 Å². The van der Waals surface area contributed by atoms with Crippen LogP contribution in [0.1, 0.15) is 24.0 Å². The number of thioether (sulfide) groups is 1. The summed E-state index contributed by atoms with van der Waals surface area (Å²) < 4.78 is 5.24. The molecule has 0 saturated carbocycles. The fourth-order valence-corrected chi connectivity index (χ4v) is 2.14. The van der Waals surface area contributed by atoms with E-state index in [0.717, 1.165) is 30.7 Å². The molecule has 18 heavy (non-hydrogen) atoms. The van der Waals surface area contributed by atoms with Gasteiger partial charge in [0, 0.05) is 5.56 Å². The van der Waals surface area contributed by atoms with E-state index in [2.05, 4.69) is 22.3 Å². The molecule has 0 saturated heterocycles. The summed E-state index contributed by atoms with van der Waals surface area (Å²) >= 11 is 1.40. The van der Waals surface area contributed by atoms with Crippen LogP contribution in [0.3, 0.4) is 0 Å². The lowest BCUT2D eigenvalue weighted by Gasteiger charge is -2.17. The van der Waals surface area contributed by atoms with Crippen LogP contribution in [0.2, 0.25) is 0 Å². The van der Waals surface area contributed by atoms with Gasteiger partial charge in [0.2, 0.25) is 0 Å².